The van der Waals surface area contributed by atoms with Gasteiger partial charge in [-0.25, -0.2) is 9.98 Å². The number of rotatable bonds is 6. The molecule has 0 aliphatic heterocycles. The molecule has 4 nitrogen and oxygen atoms in total. The topological polar surface area (TPSA) is 40.5 Å². The van der Waals surface area contributed by atoms with Crippen LogP contribution < -0.4 is 5.32 Å². The molecule has 0 amide bonds. The number of thiophene rings is 1. The van der Waals surface area contributed by atoms with Crippen molar-refractivity contribution in [2.24, 2.45) is 4.99 Å². The minimum Gasteiger partial charge on any atom is -0.357 e. The molecule has 2 heterocycles. The normalized spacial score (nSPS) is 12.5. The first-order chi connectivity index (χ1) is 11.4. The number of halogens is 3. The van der Waals surface area contributed by atoms with Crippen molar-refractivity contribution in [1.82, 2.24) is 15.2 Å². The monoisotopic (exact) mass is 376 g/mol. The molecule has 0 saturated carbocycles. The third kappa shape index (κ3) is 5.48. The molecule has 132 valence electrons. The highest BCUT2D eigenvalue weighted by Crippen LogP contribution is 2.30. The Hall–Kier alpha value is -1.61. The Morgan fingerprint density at radius 3 is 2.75 bits per heavy atom. The Labute approximate surface area is 147 Å². The van der Waals surface area contributed by atoms with Crippen molar-refractivity contribution in [3.8, 4) is 0 Å². The van der Waals surface area contributed by atoms with Crippen LogP contribution in [0.1, 0.15) is 22.5 Å². The highest BCUT2D eigenvalue weighted by atomic mass is 32.1. The van der Waals surface area contributed by atoms with Crippen LogP contribution in [0, 0.1) is 0 Å². The number of aromatic nitrogens is 1. The Morgan fingerprint density at radius 2 is 2.17 bits per heavy atom. The lowest BCUT2D eigenvalue weighted by Crippen LogP contribution is -2.39. The van der Waals surface area contributed by atoms with Gasteiger partial charge in [-0.05, 0) is 24.8 Å². The van der Waals surface area contributed by atoms with Crippen LogP contribution in [0.4, 0.5) is 13.2 Å². The number of guanidine groups is 1. The molecular formula is C15H19F3N4S2. The second-order valence-electron chi connectivity index (χ2n) is 5.05. The van der Waals surface area contributed by atoms with Crippen LogP contribution in [0.15, 0.2) is 27.9 Å². The summed E-state index contributed by atoms with van der Waals surface area (Å²) < 4.78 is 37.7. The van der Waals surface area contributed by atoms with Gasteiger partial charge in [0.2, 0.25) is 0 Å². The summed E-state index contributed by atoms with van der Waals surface area (Å²) in [5, 5.41) is 6.57. The molecule has 1 N–H and O–H groups in total. The van der Waals surface area contributed by atoms with Crippen LogP contribution in [-0.4, -0.2) is 36.0 Å². The molecule has 0 aliphatic rings. The van der Waals surface area contributed by atoms with E-state index < -0.39 is 11.9 Å². The van der Waals surface area contributed by atoms with Gasteiger partial charge in [0.1, 0.15) is 5.01 Å². The molecule has 24 heavy (non-hydrogen) atoms. The number of hydrogen-bond donors (Lipinski definition) is 1. The van der Waals surface area contributed by atoms with Crippen molar-refractivity contribution >= 4 is 28.6 Å². The first-order valence-electron chi connectivity index (χ1n) is 7.43. The van der Waals surface area contributed by atoms with Crippen LogP contribution in [0.2, 0.25) is 0 Å². The quantitative estimate of drug-likeness (QED) is 0.615. The van der Waals surface area contributed by atoms with Gasteiger partial charge in [-0.15, -0.1) is 22.7 Å². The van der Waals surface area contributed by atoms with Crippen molar-refractivity contribution in [2.45, 2.75) is 26.1 Å². The second kappa shape index (κ2) is 8.48. The van der Waals surface area contributed by atoms with E-state index in [-0.39, 0.29) is 6.54 Å². The van der Waals surface area contributed by atoms with Gasteiger partial charge in [0.15, 0.2) is 11.7 Å². The molecular weight excluding hydrogens is 357 g/mol. The van der Waals surface area contributed by atoms with Crippen LogP contribution in [0.25, 0.3) is 0 Å². The van der Waals surface area contributed by atoms with E-state index in [1.807, 2.05) is 30.3 Å². The summed E-state index contributed by atoms with van der Waals surface area (Å²) in [7, 11) is 1.91. The average Bonchev–Trinajstić information content (AvgIpc) is 3.19. The van der Waals surface area contributed by atoms with Crippen molar-refractivity contribution < 1.29 is 13.2 Å². The van der Waals surface area contributed by atoms with E-state index in [2.05, 4.69) is 21.4 Å². The lowest BCUT2D eigenvalue weighted by molar-refractivity contribution is -0.140. The molecule has 0 fully saturated rings. The number of thiazole rings is 1. The van der Waals surface area contributed by atoms with E-state index in [0.717, 1.165) is 29.7 Å². The van der Waals surface area contributed by atoms with Gasteiger partial charge in [0, 0.05) is 30.4 Å². The fourth-order valence-corrected chi connectivity index (χ4v) is 3.39. The van der Waals surface area contributed by atoms with Crippen LogP contribution in [0.3, 0.4) is 0 Å². The predicted octanol–water partition coefficient (Wildman–Crippen LogP) is 3.86. The fraction of sp³-hybridized carbons (Fsp3) is 0.467. The SMILES string of the molecule is CCNC(=NCc1nc(C(F)(F)F)cs1)N(C)CCc1cccs1. The van der Waals surface area contributed by atoms with Crippen LogP contribution in [-0.2, 0) is 19.1 Å². The Bertz CT molecular complexity index is 650. The number of nitrogens with zero attached hydrogens (tertiary/aromatic N) is 3. The standard InChI is InChI=1S/C15H19F3N4S2/c1-3-19-14(22(2)7-6-11-5-4-8-23-11)20-9-13-21-12(10-24-13)15(16,17)18/h4-5,8,10H,3,6-7,9H2,1-2H3,(H,19,20). The molecule has 0 atom stereocenters. The lowest BCUT2D eigenvalue weighted by atomic mass is 10.3. The first kappa shape index (κ1) is 18.7. The summed E-state index contributed by atoms with van der Waals surface area (Å²) >= 11 is 2.68. The maximum Gasteiger partial charge on any atom is 0.434 e. The van der Waals surface area contributed by atoms with E-state index in [9.17, 15) is 13.2 Å². The van der Waals surface area contributed by atoms with Gasteiger partial charge in [-0.1, -0.05) is 6.07 Å². The lowest BCUT2D eigenvalue weighted by Gasteiger charge is -2.21. The Balaban J connectivity index is 1.97. The molecule has 0 aliphatic carbocycles. The number of alkyl halides is 3. The van der Waals surface area contributed by atoms with Crippen molar-refractivity contribution in [3.05, 3.63) is 38.5 Å². The van der Waals surface area contributed by atoms with Crippen LogP contribution in [0.5, 0.6) is 0 Å². The second-order valence-corrected chi connectivity index (χ2v) is 7.02. The van der Waals surface area contributed by atoms with Gasteiger partial charge in [0.25, 0.3) is 0 Å². The zero-order valence-corrected chi connectivity index (χ0v) is 15.1. The highest BCUT2D eigenvalue weighted by Gasteiger charge is 2.33. The fourth-order valence-electron chi connectivity index (χ4n) is 1.96. The van der Waals surface area contributed by atoms with Crippen molar-refractivity contribution in [1.29, 1.82) is 0 Å². The van der Waals surface area contributed by atoms with Crippen molar-refractivity contribution in [3.63, 3.8) is 0 Å². The number of hydrogen-bond acceptors (Lipinski definition) is 4. The molecule has 2 aromatic rings. The van der Waals surface area contributed by atoms with Gasteiger partial charge in [-0.3, -0.25) is 0 Å². The van der Waals surface area contributed by atoms with Gasteiger partial charge in [0.05, 0.1) is 6.54 Å². The minimum absolute atomic E-state index is 0.131. The van der Waals surface area contributed by atoms with Crippen molar-refractivity contribution in [2.75, 3.05) is 20.1 Å². The zero-order valence-electron chi connectivity index (χ0n) is 13.4. The summed E-state index contributed by atoms with van der Waals surface area (Å²) in [6.45, 7) is 3.55. The molecule has 0 aromatic carbocycles. The van der Waals surface area contributed by atoms with E-state index in [4.69, 9.17) is 0 Å². The Kier molecular flexibility index (Phi) is 6.61. The number of likely N-dealkylation sites (N-methyl/N-ethyl adjacent to an activating group) is 1. The molecule has 2 aromatic heterocycles. The summed E-state index contributed by atoms with van der Waals surface area (Å²) in [4.78, 5) is 11.3. The number of aliphatic imine (C=N–C) groups is 1. The summed E-state index contributed by atoms with van der Waals surface area (Å²) in [6, 6.07) is 4.09. The third-order valence-electron chi connectivity index (χ3n) is 3.18. The highest BCUT2D eigenvalue weighted by molar-refractivity contribution is 7.10. The van der Waals surface area contributed by atoms with E-state index in [1.165, 1.54) is 4.88 Å². The van der Waals surface area contributed by atoms with Gasteiger partial charge >= 0.3 is 6.18 Å². The maximum atomic E-state index is 12.6. The van der Waals surface area contributed by atoms with Gasteiger partial charge < -0.3 is 10.2 Å². The molecule has 0 bridgehead atoms. The zero-order chi connectivity index (χ0) is 17.6. The first-order valence-corrected chi connectivity index (χ1v) is 9.19. The smallest absolute Gasteiger partial charge is 0.357 e. The minimum atomic E-state index is -4.40. The average molecular weight is 376 g/mol. The molecule has 0 radical (unpaired) electrons. The predicted molar refractivity (Wildman–Crippen MR) is 92.6 cm³/mol. The number of nitrogens with one attached hydrogen (secondary N) is 1. The summed E-state index contributed by atoms with van der Waals surface area (Å²) in [5.41, 5.74) is -0.853. The molecule has 9 heteroatoms. The third-order valence-corrected chi connectivity index (χ3v) is 4.95. The largest absolute Gasteiger partial charge is 0.434 e. The molecule has 2 rings (SSSR count). The van der Waals surface area contributed by atoms with Crippen LogP contribution >= 0.6 is 22.7 Å². The van der Waals surface area contributed by atoms with E-state index in [0.29, 0.717) is 17.5 Å². The van der Waals surface area contributed by atoms with Gasteiger partial charge in [-0.2, -0.15) is 13.2 Å². The Morgan fingerprint density at radius 1 is 1.38 bits per heavy atom. The van der Waals surface area contributed by atoms with E-state index >= 15 is 0 Å². The summed E-state index contributed by atoms with van der Waals surface area (Å²) in [6.07, 6.45) is -3.51. The molecule has 0 saturated heterocycles. The molecule has 0 spiro atoms. The van der Waals surface area contributed by atoms with E-state index in [1.54, 1.807) is 11.3 Å². The summed E-state index contributed by atoms with van der Waals surface area (Å²) in [5.74, 6) is 0.665. The maximum absolute atomic E-state index is 12.6. The molecule has 0 unspecified atom stereocenters.